The lowest BCUT2D eigenvalue weighted by Crippen LogP contribution is -2.01. The summed E-state index contributed by atoms with van der Waals surface area (Å²) in [5, 5.41) is 0.304. The van der Waals surface area contributed by atoms with Gasteiger partial charge in [-0.1, -0.05) is 24.9 Å². The van der Waals surface area contributed by atoms with Gasteiger partial charge in [0.1, 0.15) is 16.8 Å². The van der Waals surface area contributed by atoms with Crippen LogP contribution in [0.2, 0.25) is 5.15 Å². The highest BCUT2D eigenvalue weighted by molar-refractivity contribution is 14.1. The molecule has 0 atom stereocenters. The van der Waals surface area contributed by atoms with Crippen molar-refractivity contribution < 1.29 is 8.78 Å². The van der Waals surface area contributed by atoms with Crippen LogP contribution in [0.4, 0.5) is 8.78 Å². The molecule has 1 aromatic heterocycles. The Balaban J connectivity index is 2.55. The van der Waals surface area contributed by atoms with Crippen LogP contribution in [0, 0.1) is 15.2 Å². The van der Waals surface area contributed by atoms with Crippen molar-refractivity contribution in [2.24, 2.45) is 0 Å². The molecule has 0 fully saturated rings. The zero-order valence-electron chi connectivity index (χ0n) is 10.1. The first-order valence-electron chi connectivity index (χ1n) is 5.69. The highest BCUT2D eigenvalue weighted by Crippen LogP contribution is 2.25. The molecule has 2 rings (SSSR count). The molecular weight excluding hydrogens is 385 g/mol. The summed E-state index contributed by atoms with van der Waals surface area (Å²) < 4.78 is 27.2. The van der Waals surface area contributed by atoms with Crippen molar-refractivity contribution in [1.29, 1.82) is 0 Å². The molecule has 0 radical (unpaired) electrons. The predicted molar refractivity (Wildman–Crippen MR) is 79.1 cm³/mol. The fourth-order valence-corrected chi connectivity index (χ4v) is 2.38. The summed E-state index contributed by atoms with van der Waals surface area (Å²) in [5.74, 6) is -1.08. The molecule has 0 bridgehead atoms. The van der Waals surface area contributed by atoms with Gasteiger partial charge >= 0.3 is 0 Å². The molecule has 2 aromatic rings. The zero-order valence-corrected chi connectivity index (χ0v) is 13.0. The third kappa shape index (κ3) is 3.39. The quantitative estimate of drug-likeness (QED) is 0.560. The Morgan fingerprint density at radius 3 is 2.37 bits per heavy atom. The maximum absolute atomic E-state index is 13.2. The van der Waals surface area contributed by atoms with E-state index in [1.54, 1.807) is 0 Å². The first-order chi connectivity index (χ1) is 9.01. The number of hydrogen-bond donors (Lipinski definition) is 0. The number of nitrogens with zero attached hydrogens (tertiary/aromatic N) is 2. The zero-order chi connectivity index (χ0) is 14.0. The van der Waals surface area contributed by atoms with E-state index in [-0.39, 0.29) is 11.4 Å². The van der Waals surface area contributed by atoms with E-state index in [0.29, 0.717) is 5.15 Å². The molecule has 6 heteroatoms. The van der Waals surface area contributed by atoms with E-state index in [1.165, 1.54) is 12.1 Å². The van der Waals surface area contributed by atoms with Gasteiger partial charge in [0.15, 0.2) is 5.82 Å². The molecule has 0 saturated heterocycles. The summed E-state index contributed by atoms with van der Waals surface area (Å²) in [6.45, 7) is 2.02. The summed E-state index contributed by atoms with van der Waals surface area (Å²) in [4.78, 5) is 8.42. The van der Waals surface area contributed by atoms with E-state index >= 15 is 0 Å². The van der Waals surface area contributed by atoms with Crippen molar-refractivity contribution in [2.45, 2.75) is 19.8 Å². The SMILES string of the molecule is CCCc1nc(-c2cc(F)cc(F)c2)nc(Cl)c1I. The minimum atomic E-state index is -0.662. The second-order valence-corrected chi connectivity index (χ2v) is 5.44. The molecule has 2 nitrogen and oxygen atoms in total. The van der Waals surface area contributed by atoms with Crippen molar-refractivity contribution in [1.82, 2.24) is 9.97 Å². The minimum Gasteiger partial charge on any atom is -0.232 e. The van der Waals surface area contributed by atoms with Crippen LogP contribution in [0.1, 0.15) is 19.0 Å². The molecular formula is C13H10ClF2IN2. The Hall–Kier alpha value is -0.820. The van der Waals surface area contributed by atoms with Crippen molar-refractivity contribution in [3.05, 3.63) is 44.3 Å². The molecule has 0 aliphatic rings. The normalized spacial score (nSPS) is 10.8. The fraction of sp³-hybridized carbons (Fsp3) is 0.231. The van der Waals surface area contributed by atoms with E-state index in [9.17, 15) is 8.78 Å². The molecule has 0 aliphatic heterocycles. The summed E-state index contributed by atoms with van der Waals surface area (Å²) in [7, 11) is 0. The number of halogens is 4. The molecule has 0 unspecified atom stereocenters. The molecule has 19 heavy (non-hydrogen) atoms. The van der Waals surface area contributed by atoms with E-state index in [4.69, 9.17) is 11.6 Å². The third-order valence-electron chi connectivity index (χ3n) is 2.49. The Bertz CT molecular complexity index is 600. The predicted octanol–water partition coefficient (Wildman–Crippen LogP) is 4.63. The van der Waals surface area contributed by atoms with Gasteiger partial charge in [-0.25, -0.2) is 18.7 Å². The fourth-order valence-electron chi connectivity index (χ4n) is 1.68. The van der Waals surface area contributed by atoms with Gasteiger partial charge < -0.3 is 0 Å². The van der Waals surface area contributed by atoms with Crippen LogP contribution in [0.3, 0.4) is 0 Å². The lowest BCUT2D eigenvalue weighted by molar-refractivity contribution is 0.584. The van der Waals surface area contributed by atoms with E-state index in [2.05, 4.69) is 32.6 Å². The number of rotatable bonds is 3. The maximum atomic E-state index is 13.2. The van der Waals surface area contributed by atoms with Crippen molar-refractivity contribution in [2.75, 3.05) is 0 Å². The Labute approximate surface area is 128 Å². The molecule has 0 saturated carbocycles. The summed E-state index contributed by atoms with van der Waals surface area (Å²) in [5.41, 5.74) is 1.08. The van der Waals surface area contributed by atoms with Crippen molar-refractivity contribution >= 4 is 34.2 Å². The summed E-state index contributed by atoms with van der Waals surface area (Å²) in [6, 6.07) is 3.19. The number of aryl methyl sites for hydroxylation is 1. The van der Waals surface area contributed by atoms with Crippen molar-refractivity contribution in [3.8, 4) is 11.4 Å². The van der Waals surface area contributed by atoms with Gasteiger partial charge in [0.2, 0.25) is 0 Å². The second-order valence-electron chi connectivity index (χ2n) is 4.01. The molecule has 0 N–H and O–H groups in total. The van der Waals surface area contributed by atoms with Gasteiger partial charge in [0.25, 0.3) is 0 Å². The van der Waals surface area contributed by atoms with Crippen LogP contribution in [-0.4, -0.2) is 9.97 Å². The highest BCUT2D eigenvalue weighted by Gasteiger charge is 2.13. The van der Waals surface area contributed by atoms with Crippen LogP contribution in [0.5, 0.6) is 0 Å². The average molecular weight is 395 g/mol. The van der Waals surface area contributed by atoms with Gasteiger partial charge in [-0.15, -0.1) is 0 Å². The largest absolute Gasteiger partial charge is 0.232 e. The first-order valence-corrected chi connectivity index (χ1v) is 7.15. The van der Waals surface area contributed by atoms with Crippen LogP contribution in [0.15, 0.2) is 18.2 Å². The summed E-state index contributed by atoms with van der Waals surface area (Å²) >= 11 is 8.11. The average Bonchev–Trinajstić information content (AvgIpc) is 2.33. The molecule has 0 spiro atoms. The standard InChI is InChI=1S/C13H10ClF2IN2/c1-2-3-10-11(17)12(14)19-13(18-10)7-4-8(15)6-9(16)5-7/h4-6H,2-3H2,1H3. The number of benzene rings is 1. The lowest BCUT2D eigenvalue weighted by atomic mass is 10.2. The second kappa shape index (κ2) is 6.09. The monoisotopic (exact) mass is 394 g/mol. The third-order valence-corrected chi connectivity index (χ3v) is 4.21. The van der Waals surface area contributed by atoms with Gasteiger partial charge in [-0.05, 0) is 41.1 Å². The molecule has 0 aliphatic carbocycles. The minimum absolute atomic E-state index is 0.243. The lowest BCUT2D eigenvalue weighted by Gasteiger charge is -2.08. The van der Waals surface area contributed by atoms with Crippen LogP contribution in [-0.2, 0) is 6.42 Å². The van der Waals surface area contributed by atoms with Gasteiger partial charge in [-0.2, -0.15) is 0 Å². The van der Waals surface area contributed by atoms with Crippen LogP contribution in [0.25, 0.3) is 11.4 Å². The van der Waals surface area contributed by atoms with Gasteiger partial charge in [-0.3, -0.25) is 0 Å². The topological polar surface area (TPSA) is 25.8 Å². The summed E-state index contributed by atoms with van der Waals surface area (Å²) in [6.07, 6.45) is 1.64. The smallest absolute Gasteiger partial charge is 0.161 e. The van der Waals surface area contributed by atoms with E-state index in [0.717, 1.165) is 28.2 Å². The number of aromatic nitrogens is 2. The van der Waals surface area contributed by atoms with Crippen molar-refractivity contribution in [3.63, 3.8) is 0 Å². The molecule has 100 valence electrons. The molecule has 0 amide bonds. The molecule has 1 heterocycles. The van der Waals surface area contributed by atoms with Gasteiger partial charge in [0, 0.05) is 11.6 Å². The molecule has 1 aromatic carbocycles. The van der Waals surface area contributed by atoms with Crippen LogP contribution < -0.4 is 0 Å². The van der Waals surface area contributed by atoms with E-state index < -0.39 is 11.6 Å². The Kier molecular flexibility index (Phi) is 4.67. The number of hydrogen-bond acceptors (Lipinski definition) is 2. The highest BCUT2D eigenvalue weighted by atomic mass is 127. The van der Waals surface area contributed by atoms with Gasteiger partial charge in [0.05, 0.1) is 9.26 Å². The Morgan fingerprint density at radius 2 is 1.79 bits per heavy atom. The first kappa shape index (κ1) is 14.6. The van der Waals surface area contributed by atoms with E-state index in [1.807, 2.05) is 6.92 Å². The van der Waals surface area contributed by atoms with Crippen LogP contribution >= 0.6 is 34.2 Å². The maximum Gasteiger partial charge on any atom is 0.161 e. The Morgan fingerprint density at radius 1 is 1.16 bits per heavy atom.